The number of hydrogen-bond acceptors (Lipinski definition) is 5. The molecule has 92 valence electrons. The molecule has 1 atom stereocenters. The Bertz CT molecular complexity index is 502. The van der Waals surface area contributed by atoms with Crippen molar-refractivity contribution in [3.63, 3.8) is 0 Å². The molecule has 2 rings (SSSR count). The van der Waals surface area contributed by atoms with E-state index in [0.29, 0.717) is 11.7 Å². The summed E-state index contributed by atoms with van der Waals surface area (Å²) in [5.74, 6) is 1.16. The molecule has 0 fully saturated rings. The molecule has 1 unspecified atom stereocenters. The summed E-state index contributed by atoms with van der Waals surface area (Å²) in [6, 6.07) is -0.377. The highest BCUT2D eigenvalue weighted by molar-refractivity contribution is 5.25. The van der Waals surface area contributed by atoms with Crippen LogP contribution in [-0.2, 0) is 13.5 Å². The van der Waals surface area contributed by atoms with Crippen molar-refractivity contribution in [1.29, 1.82) is 0 Å². The highest BCUT2D eigenvalue weighted by Gasteiger charge is 2.19. The Morgan fingerprint density at radius 2 is 2.29 bits per heavy atom. The van der Waals surface area contributed by atoms with E-state index >= 15 is 0 Å². The van der Waals surface area contributed by atoms with E-state index in [4.69, 9.17) is 10.3 Å². The van der Waals surface area contributed by atoms with Crippen molar-refractivity contribution in [2.24, 2.45) is 12.8 Å². The SMILES string of the molecule is CCCc1nc(C(N)c2cn(C)nc2C)no1. The molecule has 2 aromatic heterocycles. The van der Waals surface area contributed by atoms with Gasteiger partial charge in [0.1, 0.15) is 0 Å². The fourth-order valence-corrected chi connectivity index (χ4v) is 1.77. The number of hydrogen-bond donors (Lipinski definition) is 1. The lowest BCUT2D eigenvalue weighted by molar-refractivity contribution is 0.370. The van der Waals surface area contributed by atoms with Gasteiger partial charge in [-0.1, -0.05) is 12.1 Å². The van der Waals surface area contributed by atoms with E-state index in [9.17, 15) is 0 Å². The van der Waals surface area contributed by atoms with Crippen molar-refractivity contribution in [2.75, 3.05) is 0 Å². The van der Waals surface area contributed by atoms with E-state index < -0.39 is 0 Å². The topological polar surface area (TPSA) is 82.8 Å². The summed E-state index contributed by atoms with van der Waals surface area (Å²) in [7, 11) is 1.86. The zero-order valence-electron chi connectivity index (χ0n) is 10.3. The molecule has 0 bridgehead atoms. The number of rotatable bonds is 4. The van der Waals surface area contributed by atoms with Gasteiger partial charge in [0.25, 0.3) is 0 Å². The molecule has 0 amide bonds. The van der Waals surface area contributed by atoms with Crippen LogP contribution in [0.15, 0.2) is 10.7 Å². The maximum Gasteiger partial charge on any atom is 0.226 e. The summed E-state index contributed by atoms with van der Waals surface area (Å²) in [4.78, 5) is 4.29. The molecular formula is C11H17N5O. The van der Waals surface area contributed by atoms with Crippen LogP contribution in [0.4, 0.5) is 0 Å². The van der Waals surface area contributed by atoms with E-state index in [1.807, 2.05) is 20.2 Å². The van der Waals surface area contributed by atoms with Crippen molar-refractivity contribution in [2.45, 2.75) is 32.7 Å². The molecule has 0 aliphatic rings. The average Bonchev–Trinajstić information content (AvgIpc) is 2.85. The summed E-state index contributed by atoms with van der Waals surface area (Å²) in [5.41, 5.74) is 7.92. The highest BCUT2D eigenvalue weighted by Crippen LogP contribution is 2.19. The fraction of sp³-hybridized carbons (Fsp3) is 0.545. The van der Waals surface area contributed by atoms with Gasteiger partial charge in [0.15, 0.2) is 5.82 Å². The van der Waals surface area contributed by atoms with Crippen molar-refractivity contribution >= 4 is 0 Å². The first kappa shape index (κ1) is 11.8. The molecule has 0 aliphatic carbocycles. The second-order valence-corrected chi connectivity index (χ2v) is 4.12. The molecule has 6 nitrogen and oxygen atoms in total. The maximum absolute atomic E-state index is 6.10. The Morgan fingerprint density at radius 3 is 2.88 bits per heavy atom. The fourth-order valence-electron chi connectivity index (χ4n) is 1.77. The molecule has 0 saturated heterocycles. The van der Waals surface area contributed by atoms with Crippen LogP contribution in [0.5, 0.6) is 0 Å². The van der Waals surface area contributed by atoms with Gasteiger partial charge in [-0.3, -0.25) is 4.68 Å². The molecule has 2 aromatic rings. The van der Waals surface area contributed by atoms with Gasteiger partial charge in [-0.05, 0) is 13.3 Å². The highest BCUT2D eigenvalue weighted by atomic mass is 16.5. The first-order valence-electron chi connectivity index (χ1n) is 5.70. The molecule has 17 heavy (non-hydrogen) atoms. The van der Waals surface area contributed by atoms with Crippen LogP contribution in [0.3, 0.4) is 0 Å². The normalized spacial score (nSPS) is 12.9. The van der Waals surface area contributed by atoms with Gasteiger partial charge in [0.2, 0.25) is 5.89 Å². The Hall–Kier alpha value is -1.69. The Morgan fingerprint density at radius 1 is 1.53 bits per heavy atom. The molecule has 0 aliphatic heterocycles. The Labute approximate surface area is 99.8 Å². The number of aryl methyl sites for hydroxylation is 3. The molecule has 0 saturated carbocycles. The smallest absolute Gasteiger partial charge is 0.226 e. The van der Waals surface area contributed by atoms with Gasteiger partial charge in [-0.2, -0.15) is 10.1 Å². The summed E-state index contributed by atoms with van der Waals surface area (Å²) < 4.78 is 6.86. The van der Waals surface area contributed by atoms with Crippen molar-refractivity contribution < 1.29 is 4.52 Å². The third-order valence-electron chi connectivity index (χ3n) is 2.61. The van der Waals surface area contributed by atoms with Gasteiger partial charge < -0.3 is 10.3 Å². The Kier molecular flexibility index (Phi) is 3.23. The van der Waals surface area contributed by atoms with E-state index in [2.05, 4.69) is 22.2 Å². The summed E-state index contributed by atoms with van der Waals surface area (Å²) in [6.07, 6.45) is 3.64. The molecule has 2 N–H and O–H groups in total. The largest absolute Gasteiger partial charge is 0.339 e. The van der Waals surface area contributed by atoms with Gasteiger partial charge in [-0.15, -0.1) is 0 Å². The van der Waals surface area contributed by atoms with Gasteiger partial charge in [0, 0.05) is 25.2 Å². The second kappa shape index (κ2) is 4.67. The molecular weight excluding hydrogens is 218 g/mol. The molecule has 0 aromatic carbocycles. The van der Waals surface area contributed by atoms with Crippen molar-refractivity contribution in [1.82, 2.24) is 19.9 Å². The predicted octanol–water partition coefficient (Wildman–Crippen LogP) is 1.11. The summed E-state index contributed by atoms with van der Waals surface area (Å²) in [5, 5.41) is 8.16. The zero-order valence-corrected chi connectivity index (χ0v) is 10.3. The number of nitrogens with zero attached hydrogens (tertiary/aromatic N) is 4. The van der Waals surface area contributed by atoms with Gasteiger partial charge >= 0.3 is 0 Å². The average molecular weight is 235 g/mol. The second-order valence-electron chi connectivity index (χ2n) is 4.12. The minimum absolute atomic E-state index is 0.377. The molecule has 6 heteroatoms. The minimum atomic E-state index is -0.377. The van der Waals surface area contributed by atoms with Crippen LogP contribution in [0.25, 0.3) is 0 Å². The third-order valence-corrected chi connectivity index (χ3v) is 2.61. The van der Waals surface area contributed by atoms with E-state index in [-0.39, 0.29) is 6.04 Å². The lowest BCUT2D eigenvalue weighted by atomic mass is 10.1. The molecule has 0 spiro atoms. The summed E-state index contributed by atoms with van der Waals surface area (Å²) in [6.45, 7) is 3.98. The van der Waals surface area contributed by atoms with E-state index in [1.165, 1.54) is 0 Å². The van der Waals surface area contributed by atoms with Crippen molar-refractivity contribution in [3.8, 4) is 0 Å². The Balaban J connectivity index is 2.24. The minimum Gasteiger partial charge on any atom is -0.339 e. The van der Waals surface area contributed by atoms with Crippen LogP contribution in [0.2, 0.25) is 0 Å². The van der Waals surface area contributed by atoms with Crippen LogP contribution < -0.4 is 5.73 Å². The third kappa shape index (κ3) is 2.36. The quantitative estimate of drug-likeness (QED) is 0.858. The van der Waals surface area contributed by atoms with E-state index in [0.717, 1.165) is 24.1 Å². The van der Waals surface area contributed by atoms with Crippen LogP contribution in [0, 0.1) is 6.92 Å². The number of aromatic nitrogens is 4. The molecule has 2 heterocycles. The van der Waals surface area contributed by atoms with Crippen LogP contribution >= 0.6 is 0 Å². The lowest BCUT2D eigenvalue weighted by Crippen LogP contribution is -2.14. The van der Waals surface area contributed by atoms with Gasteiger partial charge in [-0.25, -0.2) is 0 Å². The monoisotopic (exact) mass is 235 g/mol. The van der Waals surface area contributed by atoms with Crippen molar-refractivity contribution in [3.05, 3.63) is 29.2 Å². The predicted molar refractivity (Wildman–Crippen MR) is 62.3 cm³/mol. The van der Waals surface area contributed by atoms with Crippen LogP contribution in [0.1, 0.15) is 42.4 Å². The zero-order chi connectivity index (χ0) is 12.4. The number of nitrogens with two attached hydrogens (primary N) is 1. The molecule has 0 radical (unpaired) electrons. The lowest BCUT2D eigenvalue weighted by Gasteiger charge is -2.04. The van der Waals surface area contributed by atoms with E-state index in [1.54, 1.807) is 4.68 Å². The summed E-state index contributed by atoms with van der Waals surface area (Å²) >= 11 is 0. The van der Waals surface area contributed by atoms with Crippen LogP contribution in [-0.4, -0.2) is 19.9 Å². The van der Waals surface area contributed by atoms with Gasteiger partial charge in [0.05, 0.1) is 11.7 Å². The maximum atomic E-state index is 6.10. The standard InChI is InChI=1S/C11H17N5O/c1-4-5-9-13-11(15-17-9)10(12)8-6-16(3)14-7(8)2/h6,10H,4-5,12H2,1-3H3. The first-order chi connectivity index (χ1) is 8.11. The first-order valence-corrected chi connectivity index (χ1v) is 5.70.